The third-order valence-corrected chi connectivity index (χ3v) is 4.54. The molecule has 0 amide bonds. The minimum Gasteiger partial charge on any atom is -0.394 e. The van der Waals surface area contributed by atoms with Crippen molar-refractivity contribution in [2.75, 3.05) is 33.0 Å². The Morgan fingerprint density at radius 1 is 0.800 bits per heavy atom. The van der Waals surface area contributed by atoms with Crippen LogP contribution in [-0.4, -0.2) is 129 Å². The Morgan fingerprint density at radius 2 is 1.37 bits per heavy atom. The molecule has 0 spiro atoms. The molecular formula is C18H32O12. The first-order valence-electron chi connectivity index (χ1n) is 9.26. The van der Waals surface area contributed by atoms with Crippen LogP contribution < -0.4 is 0 Å². The first-order valence-corrected chi connectivity index (χ1v) is 9.26. The summed E-state index contributed by atoms with van der Waals surface area (Å²) >= 11 is 0. The molecule has 12 nitrogen and oxygen atoms in total. The van der Waals surface area contributed by atoms with Crippen LogP contribution in [-0.2, 0) is 18.9 Å². The zero-order valence-corrected chi connectivity index (χ0v) is 16.4. The number of aliphatic hydroxyl groups is 8. The zero-order chi connectivity index (χ0) is 22.9. The van der Waals surface area contributed by atoms with E-state index in [2.05, 4.69) is 13.2 Å². The fourth-order valence-electron chi connectivity index (χ4n) is 2.87. The Bertz CT molecular complexity index is 509. The highest BCUT2D eigenvalue weighted by Gasteiger charge is 2.58. The van der Waals surface area contributed by atoms with Crippen LogP contribution in [0.1, 0.15) is 0 Å². The zero-order valence-electron chi connectivity index (χ0n) is 16.4. The van der Waals surface area contributed by atoms with Crippen LogP contribution in [0, 0.1) is 0 Å². The Balaban J connectivity index is 0.000000553. The lowest BCUT2D eigenvalue weighted by Gasteiger charge is -2.43. The molecule has 12 heteroatoms. The van der Waals surface area contributed by atoms with Gasteiger partial charge < -0.3 is 59.8 Å². The minimum atomic E-state index is -2.22. The molecule has 8 N–H and O–H groups in total. The smallest absolute Gasteiger partial charge is 0.224 e. The summed E-state index contributed by atoms with van der Waals surface area (Å²) in [6, 6.07) is 0. The monoisotopic (exact) mass is 440 g/mol. The van der Waals surface area contributed by atoms with Gasteiger partial charge in [0.15, 0.2) is 6.29 Å². The van der Waals surface area contributed by atoms with Crippen LogP contribution in [0.15, 0.2) is 25.3 Å². The third kappa shape index (κ3) is 6.26. The third-order valence-electron chi connectivity index (χ3n) is 4.54. The maximum Gasteiger partial charge on any atom is 0.224 e. The summed E-state index contributed by atoms with van der Waals surface area (Å²) in [4.78, 5) is 0. The van der Waals surface area contributed by atoms with Crippen molar-refractivity contribution in [1.82, 2.24) is 0 Å². The average molecular weight is 440 g/mol. The van der Waals surface area contributed by atoms with Crippen molar-refractivity contribution < 1.29 is 59.8 Å². The maximum absolute atomic E-state index is 10.00. The predicted octanol–water partition coefficient (Wildman–Crippen LogP) is -4.02. The van der Waals surface area contributed by atoms with E-state index in [0.717, 1.165) is 0 Å². The molecule has 2 aliphatic rings. The van der Waals surface area contributed by atoms with E-state index in [-0.39, 0.29) is 0 Å². The molecule has 0 aromatic heterocycles. The van der Waals surface area contributed by atoms with Gasteiger partial charge in [0.2, 0.25) is 5.79 Å². The maximum atomic E-state index is 10.00. The summed E-state index contributed by atoms with van der Waals surface area (Å²) in [6.45, 7) is 5.86. The van der Waals surface area contributed by atoms with E-state index in [1.165, 1.54) is 0 Å². The summed E-state index contributed by atoms with van der Waals surface area (Å²) in [5, 5.41) is 76.7. The molecule has 2 fully saturated rings. The lowest BCUT2D eigenvalue weighted by atomic mass is 9.99. The molecule has 0 aromatic rings. The average Bonchev–Trinajstić information content (AvgIpc) is 3.00. The van der Waals surface area contributed by atoms with Crippen molar-refractivity contribution in [2.45, 2.75) is 54.8 Å². The van der Waals surface area contributed by atoms with Crippen LogP contribution >= 0.6 is 0 Å². The molecule has 0 bridgehead atoms. The van der Waals surface area contributed by atoms with Gasteiger partial charge in [-0.1, -0.05) is 12.2 Å². The number of hydrogen-bond acceptors (Lipinski definition) is 12. The second-order valence-corrected chi connectivity index (χ2v) is 6.67. The Morgan fingerprint density at radius 3 is 1.80 bits per heavy atom. The first kappa shape index (κ1) is 27.0. The molecule has 9 atom stereocenters. The van der Waals surface area contributed by atoms with Crippen molar-refractivity contribution >= 4 is 0 Å². The molecule has 0 aliphatic carbocycles. The standard InChI is InChI=1S/C12H22O11.C6H10O/c13-1-4-6(16)8(18)9(19)11(21-4)23-12(3-15)10(20)7(17)5(2-14)22-12;1-3-5-7-6-4-2/h4-11,13-20H,1-3H2;3-4H,1-2,5-6H2/t4-,5-,6-,7-,8+,9-,10+,11-,12+;/m1./s1. The molecule has 176 valence electrons. The van der Waals surface area contributed by atoms with Gasteiger partial charge in [0, 0.05) is 0 Å². The fraction of sp³-hybridized carbons (Fsp3) is 0.778. The van der Waals surface area contributed by atoms with Crippen molar-refractivity contribution in [2.24, 2.45) is 0 Å². The molecule has 0 radical (unpaired) electrons. The molecule has 2 rings (SSSR count). The van der Waals surface area contributed by atoms with Gasteiger partial charge in [-0.3, -0.25) is 0 Å². The number of aliphatic hydroxyl groups excluding tert-OH is 8. The normalized spacial score (nSPS) is 41.1. The molecule has 0 unspecified atom stereocenters. The summed E-state index contributed by atoms with van der Waals surface area (Å²) in [5.74, 6) is -2.22. The largest absolute Gasteiger partial charge is 0.394 e. The van der Waals surface area contributed by atoms with Gasteiger partial charge in [-0.25, -0.2) is 0 Å². The van der Waals surface area contributed by atoms with E-state index in [9.17, 15) is 30.6 Å². The van der Waals surface area contributed by atoms with E-state index in [0.29, 0.717) is 13.2 Å². The highest BCUT2D eigenvalue weighted by Crippen LogP contribution is 2.35. The van der Waals surface area contributed by atoms with Crippen molar-refractivity contribution in [3.05, 3.63) is 25.3 Å². The van der Waals surface area contributed by atoms with E-state index >= 15 is 0 Å². The molecular weight excluding hydrogens is 408 g/mol. The van der Waals surface area contributed by atoms with Crippen molar-refractivity contribution in [1.29, 1.82) is 0 Å². The molecule has 0 saturated carbocycles. The quantitative estimate of drug-likeness (QED) is 0.128. The summed E-state index contributed by atoms with van der Waals surface area (Å²) in [7, 11) is 0. The molecule has 2 saturated heterocycles. The number of rotatable bonds is 9. The lowest BCUT2D eigenvalue weighted by Crippen LogP contribution is -2.62. The fourth-order valence-corrected chi connectivity index (χ4v) is 2.87. The van der Waals surface area contributed by atoms with Gasteiger partial charge in [0.1, 0.15) is 49.3 Å². The topological polar surface area (TPSA) is 199 Å². The first-order chi connectivity index (χ1) is 14.2. The van der Waals surface area contributed by atoms with Gasteiger partial charge in [0.25, 0.3) is 0 Å². The molecule has 2 heterocycles. The van der Waals surface area contributed by atoms with Gasteiger partial charge in [0.05, 0.1) is 26.4 Å². The second kappa shape index (κ2) is 12.8. The van der Waals surface area contributed by atoms with Crippen LogP contribution in [0.4, 0.5) is 0 Å². The Kier molecular flexibility index (Phi) is 11.5. The van der Waals surface area contributed by atoms with Gasteiger partial charge >= 0.3 is 0 Å². The van der Waals surface area contributed by atoms with Gasteiger partial charge in [-0.2, -0.15) is 0 Å². The Labute approximate surface area is 173 Å². The van der Waals surface area contributed by atoms with E-state index in [4.69, 9.17) is 29.2 Å². The second-order valence-electron chi connectivity index (χ2n) is 6.67. The highest BCUT2D eigenvalue weighted by molar-refractivity contribution is 4.98. The molecule has 0 aromatic carbocycles. The van der Waals surface area contributed by atoms with Crippen molar-refractivity contribution in [3.8, 4) is 0 Å². The van der Waals surface area contributed by atoms with E-state index in [1.807, 2.05) is 0 Å². The molecule has 30 heavy (non-hydrogen) atoms. The van der Waals surface area contributed by atoms with Crippen molar-refractivity contribution in [3.63, 3.8) is 0 Å². The summed E-state index contributed by atoms with van der Waals surface area (Å²) in [5.41, 5.74) is 0. The van der Waals surface area contributed by atoms with Crippen LogP contribution in [0.5, 0.6) is 0 Å². The Hall–Kier alpha value is -1.00. The van der Waals surface area contributed by atoms with Gasteiger partial charge in [-0.15, -0.1) is 13.2 Å². The highest BCUT2D eigenvalue weighted by atomic mass is 16.8. The van der Waals surface area contributed by atoms with E-state index in [1.54, 1.807) is 12.2 Å². The SMILES string of the molecule is C=CCOCC=C.OC[C@H]1O[C@@](CO)(O[C@H]2O[C@H](CO)[C@@H](O)[C@H](O)[C@H]2O)[C@@H](O)[C@@H]1O. The predicted molar refractivity (Wildman–Crippen MR) is 99.9 cm³/mol. The van der Waals surface area contributed by atoms with Gasteiger partial charge in [-0.05, 0) is 0 Å². The lowest BCUT2D eigenvalue weighted by molar-refractivity contribution is -0.383. The number of hydrogen-bond donors (Lipinski definition) is 8. The summed E-state index contributed by atoms with van der Waals surface area (Å²) in [6.07, 6.45) is -9.23. The summed E-state index contributed by atoms with van der Waals surface area (Å²) < 4.78 is 20.3. The van der Waals surface area contributed by atoms with Crippen LogP contribution in [0.2, 0.25) is 0 Å². The van der Waals surface area contributed by atoms with Crippen LogP contribution in [0.25, 0.3) is 0 Å². The number of ether oxygens (including phenoxy) is 4. The molecule has 2 aliphatic heterocycles. The van der Waals surface area contributed by atoms with E-state index < -0.39 is 74.6 Å². The minimum absolute atomic E-state index is 0.617. The van der Waals surface area contributed by atoms with Crippen LogP contribution in [0.3, 0.4) is 0 Å².